The molecule has 1 rings (SSSR count). The summed E-state index contributed by atoms with van der Waals surface area (Å²) in [5.41, 5.74) is 0.837. The van der Waals surface area contributed by atoms with Crippen LogP contribution in [0.25, 0.3) is 0 Å². The Morgan fingerprint density at radius 1 is 1.47 bits per heavy atom. The largest absolute Gasteiger partial charge is 0.466 e. The molecule has 0 spiro atoms. The predicted octanol–water partition coefficient (Wildman–Crippen LogP) is 2.02. The van der Waals surface area contributed by atoms with Gasteiger partial charge in [-0.05, 0) is 31.9 Å². The highest BCUT2D eigenvalue weighted by Gasteiger charge is 2.02. The third-order valence-corrected chi connectivity index (χ3v) is 2.01. The Bertz CT molecular complexity index is 314. The van der Waals surface area contributed by atoms with Gasteiger partial charge in [-0.15, -0.1) is 5.10 Å². The van der Waals surface area contributed by atoms with Crippen LogP contribution in [0.4, 0.5) is 0 Å². The Morgan fingerprint density at radius 2 is 2.27 bits per heavy atom. The molecule has 0 aliphatic heterocycles. The molecule has 1 aromatic heterocycles. The summed E-state index contributed by atoms with van der Waals surface area (Å²) in [7, 11) is 0. The fourth-order valence-electron chi connectivity index (χ4n) is 1.12. The van der Waals surface area contributed by atoms with Crippen molar-refractivity contribution in [3.63, 3.8) is 0 Å². The van der Waals surface area contributed by atoms with E-state index in [1.807, 2.05) is 0 Å². The first kappa shape index (κ1) is 11.9. The number of rotatable bonds is 5. The predicted molar refractivity (Wildman–Crippen MR) is 56.6 cm³/mol. The van der Waals surface area contributed by atoms with Gasteiger partial charge in [-0.25, -0.2) is 0 Å². The maximum absolute atomic E-state index is 11.0. The number of hydrogen-bond donors (Lipinski definition) is 0. The maximum atomic E-state index is 11.0. The summed E-state index contributed by atoms with van der Waals surface area (Å²) in [6.45, 7) is 2.22. The van der Waals surface area contributed by atoms with Crippen molar-refractivity contribution < 1.29 is 9.53 Å². The standard InChI is InChI=1S/C10H13ClN2O2/c1-2-15-10(14)5-3-4-8-6-7-9(11)13-12-8/h6-7H,2-5H2,1H3. The van der Waals surface area contributed by atoms with Crippen molar-refractivity contribution in [1.29, 1.82) is 0 Å². The first-order chi connectivity index (χ1) is 7.22. The normalized spacial score (nSPS) is 10.0. The van der Waals surface area contributed by atoms with Crippen LogP contribution in [0.2, 0.25) is 5.15 Å². The van der Waals surface area contributed by atoms with Crippen LogP contribution < -0.4 is 0 Å². The molecule has 1 heterocycles. The molecule has 0 saturated carbocycles. The Balaban J connectivity index is 2.26. The Hall–Kier alpha value is -1.16. The number of carbonyl (C=O) groups is 1. The van der Waals surface area contributed by atoms with Gasteiger partial charge in [0.2, 0.25) is 0 Å². The third-order valence-electron chi connectivity index (χ3n) is 1.81. The summed E-state index contributed by atoms with van der Waals surface area (Å²) in [4.78, 5) is 11.0. The summed E-state index contributed by atoms with van der Waals surface area (Å²) in [5, 5.41) is 7.98. The molecule has 0 aliphatic rings. The summed E-state index contributed by atoms with van der Waals surface area (Å²) >= 11 is 5.59. The van der Waals surface area contributed by atoms with E-state index >= 15 is 0 Å². The highest BCUT2D eigenvalue weighted by Crippen LogP contribution is 2.05. The SMILES string of the molecule is CCOC(=O)CCCc1ccc(Cl)nn1. The van der Waals surface area contributed by atoms with Crippen molar-refractivity contribution in [2.75, 3.05) is 6.61 Å². The summed E-state index contributed by atoms with van der Waals surface area (Å²) in [5.74, 6) is -0.167. The molecule has 0 aromatic carbocycles. The molecule has 0 unspecified atom stereocenters. The Labute approximate surface area is 93.6 Å². The average Bonchev–Trinajstić information content (AvgIpc) is 2.21. The number of esters is 1. The van der Waals surface area contributed by atoms with Gasteiger partial charge in [0.05, 0.1) is 12.3 Å². The number of aryl methyl sites for hydroxylation is 1. The fourth-order valence-corrected chi connectivity index (χ4v) is 1.22. The van der Waals surface area contributed by atoms with Gasteiger partial charge in [0, 0.05) is 6.42 Å². The van der Waals surface area contributed by atoms with E-state index in [0.717, 1.165) is 12.1 Å². The second-order valence-electron chi connectivity index (χ2n) is 3.01. The van der Waals surface area contributed by atoms with Gasteiger partial charge in [0.15, 0.2) is 5.15 Å². The second kappa shape index (κ2) is 6.35. The van der Waals surface area contributed by atoms with Gasteiger partial charge >= 0.3 is 5.97 Å². The second-order valence-corrected chi connectivity index (χ2v) is 3.39. The molecule has 0 aliphatic carbocycles. The molecule has 0 fully saturated rings. The van der Waals surface area contributed by atoms with Crippen molar-refractivity contribution >= 4 is 17.6 Å². The first-order valence-corrected chi connectivity index (χ1v) is 5.24. The van der Waals surface area contributed by atoms with Crippen LogP contribution in [0.1, 0.15) is 25.5 Å². The minimum absolute atomic E-state index is 0.167. The lowest BCUT2D eigenvalue weighted by Gasteiger charge is -2.01. The quantitative estimate of drug-likeness (QED) is 0.724. The van der Waals surface area contributed by atoms with Crippen LogP contribution in [0.15, 0.2) is 12.1 Å². The number of ether oxygens (including phenoxy) is 1. The van der Waals surface area contributed by atoms with Gasteiger partial charge in [-0.3, -0.25) is 4.79 Å². The first-order valence-electron chi connectivity index (χ1n) is 4.86. The zero-order valence-electron chi connectivity index (χ0n) is 8.57. The molecule has 0 N–H and O–H groups in total. The topological polar surface area (TPSA) is 52.1 Å². The smallest absolute Gasteiger partial charge is 0.305 e. The fraction of sp³-hybridized carbons (Fsp3) is 0.500. The Kier molecular flexibility index (Phi) is 5.04. The highest BCUT2D eigenvalue weighted by atomic mass is 35.5. The van der Waals surface area contributed by atoms with E-state index in [1.165, 1.54) is 0 Å². The van der Waals surface area contributed by atoms with E-state index in [1.54, 1.807) is 19.1 Å². The van der Waals surface area contributed by atoms with Crippen LogP contribution in [0, 0.1) is 0 Å². The number of hydrogen-bond acceptors (Lipinski definition) is 4. The van der Waals surface area contributed by atoms with Gasteiger partial charge in [0.25, 0.3) is 0 Å². The van der Waals surface area contributed by atoms with E-state index in [9.17, 15) is 4.79 Å². The van der Waals surface area contributed by atoms with Gasteiger partial charge < -0.3 is 4.74 Å². The molecule has 0 amide bonds. The van der Waals surface area contributed by atoms with E-state index in [2.05, 4.69) is 10.2 Å². The summed E-state index contributed by atoms with van der Waals surface area (Å²) < 4.78 is 4.80. The minimum atomic E-state index is -0.167. The average molecular weight is 229 g/mol. The van der Waals surface area contributed by atoms with Crippen LogP contribution in [0.3, 0.4) is 0 Å². The molecule has 0 atom stereocenters. The van der Waals surface area contributed by atoms with E-state index < -0.39 is 0 Å². The molecular weight excluding hydrogens is 216 g/mol. The monoisotopic (exact) mass is 228 g/mol. The molecule has 15 heavy (non-hydrogen) atoms. The molecule has 82 valence electrons. The van der Waals surface area contributed by atoms with Crippen molar-refractivity contribution in [1.82, 2.24) is 10.2 Å². The highest BCUT2D eigenvalue weighted by molar-refractivity contribution is 6.29. The lowest BCUT2D eigenvalue weighted by Crippen LogP contribution is -2.04. The van der Waals surface area contributed by atoms with E-state index in [0.29, 0.717) is 24.6 Å². The Morgan fingerprint density at radius 3 is 2.87 bits per heavy atom. The molecule has 0 saturated heterocycles. The minimum Gasteiger partial charge on any atom is -0.466 e. The molecular formula is C10H13ClN2O2. The van der Waals surface area contributed by atoms with Crippen LogP contribution >= 0.6 is 11.6 Å². The van der Waals surface area contributed by atoms with Crippen molar-refractivity contribution in [2.45, 2.75) is 26.2 Å². The summed E-state index contributed by atoms with van der Waals surface area (Å²) in [6.07, 6.45) is 1.84. The van der Waals surface area contributed by atoms with E-state index in [4.69, 9.17) is 16.3 Å². The number of carbonyl (C=O) groups excluding carboxylic acids is 1. The zero-order chi connectivity index (χ0) is 11.1. The molecule has 0 radical (unpaired) electrons. The maximum Gasteiger partial charge on any atom is 0.305 e. The van der Waals surface area contributed by atoms with E-state index in [-0.39, 0.29) is 5.97 Å². The third kappa shape index (κ3) is 4.74. The van der Waals surface area contributed by atoms with Crippen molar-refractivity contribution in [2.24, 2.45) is 0 Å². The van der Waals surface area contributed by atoms with Gasteiger partial charge in [0.1, 0.15) is 0 Å². The number of aromatic nitrogens is 2. The molecule has 5 heteroatoms. The van der Waals surface area contributed by atoms with Crippen LogP contribution in [-0.2, 0) is 16.0 Å². The lowest BCUT2D eigenvalue weighted by molar-refractivity contribution is -0.143. The number of halogens is 1. The molecule has 1 aromatic rings. The molecule has 4 nitrogen and oxygen atoms in total. The summed E-state index contributed by atoms with van der Waals surface area (Å²) in [6, 6.07) is 3.49. The molecule has 0 bridgehead atoms. The van der Waals surface area contributed by atoms with Crippen molar-refractivity contribution in [3.8, 4) is 0 Å². The van der Waals surface area contributed by atoms with Gasteiger partial charge in [-0.2, -0.15) is 5.10 Å². The van der Waals surface area contributed by atoms with Crippen molar-refractivity contribution in [3.05, 3.63) is 23.0 Å². The van der Waals surface area contributed by atoms with Crippen LogP contribution in [-0.4, -0.2) is 22.8 Å². The lowest BCUT2D eigenvalue weighted by atomic mass is 10.2. The van der Waals surface area contributed by atoms with Crippen LogP contribution in [0.5, 0.6) is 0 Å². The zero-order valence-corrected chi connectivity index (χ0v) is 9.33. The number of nitrogens with zero attached hydrogens (tertiary/aromatic N) is 2. The van der Waals surface area contributed by atoms with Gasteiger partial charge in [-0.1, -0.05) is 11.6 Å².